The molecule has 0 aliphatic carbocycles. The van der Waals surface area contributed by atoms with Crippen LogP contribution < -0.4 is 10.6 Å². The van der Waals surface area contributed by atoms with Crippen molar-refractivity contribution < 1.29 is 9.47 Å². The largest absolute Gasteiger partial charge is 0.382 e. The molecule has 0 aromatic carbocycles. The highest BCUT2D eigenvalue weighted by atomic mass is 127. The molecule has 2 N–H and O–H groups in total. The van der Waals surface area contributed by atoms with Crippen molar-refractivity contribution in [2.24, 2.45) is 4.99 Å². The van der Waals surface area contributed by atoms with E-state index < -0.39 is 0 Å². The summed E-state index contributed by atoms with van der Waals surface area (Å²) in [5, 5.41) is 6.57. The van der Waals surface area contributed by atoms with Crippen molar-refractivity contribution in [1.29, 1.82) is 0 Å². The average Bonchev–Trinajstić information content (AvgIpc) is 2.42. The summed E-state index contributed by atoms with van der Waals surface area (Å²) >= 11 is 0. The molecule has 6 nitrogen and oxygen atoms in total. The van der Waals surface area contributed by atoms with Gasteiger partial charge in [-0.25, -0.2) is 0 Å². The number of rotatable bonds is 7. The average molecular weight is 400 g/mol. The van der Waals surface area contributed by atoms with Crippen molar-refractivity contribution in [2.75, 3.05) is 60.1 Å². The van der Waals surface area contributed by atoms with Gasteiger partial charge in [-0.05, 0) is 20.4 Å². The molecule has 1 saturated heterocycles. The van der Waals surface area contributed by atoms with Gasteiger partial charge in [-0.1, -0.05) is 0 Å². The van der Waals surface area contributed by atoms with Crippen LogP contribution in [0.3, 0.4) is 0 Å². The fourth-order valence-electron chi connectivity index (χ4n) is 1.95. The molecule has 1 fully saturated rings. The van der Waals surface area contributed by atoms with Gasteiger partial charge in [0.1, 0.15) is 0 Å². The minimum absolute atomic E-state index is 0. The third-order valence-electron chi connectivity index (χ3n) is 3.02. The van der Waals surface area contributed by atoms with Crippen LogP contribution in [0.2, 0.25) is 0 Å². The van der Waals surface area contributed by atoms with Crippen molar-refractivity contribution in [1.82, 2.24) is 15.5 Å². The van der Waals surface area contributed by atoms with Crippen LogP contribution in [0.5, 0.6) is 0 Å². The van der Waals surface area contributed by atoms with E-state index in [0.29, 0.717) is 0 Å². The Hall–Kier alpha value is -0.120. The maximum absolute atomic E-state index is 5.69. The van der Waals surface area contributed by atoms with Crippen molar-refractivity contribution >= 4 is 29.9 Å². The number of hydrogen-bond acceptors (Lipinski definition) is 4. The normalized spacial score (nSPS) is 20.4. The molecule has 0 bridgehead atoms. The molecule has 1 heterocycles. The second-order valence-corrected chi connectivity index (χ2v) is 4.69. The molecule has 1 aliphatic heterocycles. The van der Waals surface area contributed by atoms with Gasteiger partial charge in [-0.3, -0.25) is 4.99 Å². The lowest BCUT2D eigenvalue weighted by molar-refractivity contribution is -0.0161. The number of morpholine rings is 1. The Kier molecular flexibility index (Phi) is 12.5. The second kappa shape index (κ2) is 12.6. The van der Waals surface area contributed by atoms with Crippen LogP contribution in [0.15, 0.2) is 4.99 Å². The maximum Gasteiger partial charge on any atom is 0.191 e. The van der Waals surface area contributed by atoms with Crippen LogP contribution >= 0.6 is 24.0 Å². The number of guanidine groups is 1. The van der Waals surface area contributed by atoms with E-state index in [4.69, 9.17) is 9.47 Å². The minimum Gasteiger partial charge on any atom is -0.382 e. The molecule has 0 aromatic heterocycles. The Labute approximate surface area is 139 Å². The van der Waals surface area contributed by atoms with Crippen molar-refractivity contribution in [3.05, 3.63) is 0 Å². The molecule has 120 valence electrons. The molecule has 20 heavy (non-hydrogen) atoms. The quantitative estimate of drug-likeness (QED) is 0.283. The fraction of sp³-hybridized carbons (Fsp3) is 0.923. The van der Waals surface area contributed by atoms with Crippen LogP contribution in [-0.2, 0) is 9.47 Å². The first-order valence-electron chi connectivity index (χ1n) is 7.08. The third kappa shape index (κ3) is 8.93. The zero-order valence-electron chi connectivity index (χ0n) is 12.9. The van der Waals surface area contributed by atoms with E-state index in [2.05, 4.69) is 27.6 Å². The predicted octanol–water partition coefficient (Wildman–Crippen LogP) is 0.527. The summed E-state index contributed by atoms with van der Waals surface area (Å²) in [6.45, 7) is 8.02. The van der Waals surface area contributed by atoms with E-state index in [1.165, 1.54) is 0 Å². The smallest absolute Gasteiger partial charge is 0.191 e. The highest BCUT2D eigenvalue weighted by Crippen LogP contribution is 2.01. The summed E-state index contributed by atoms with van der Waals surface area (Å²) in [6, 6.07) is 0. The second-order valence-electron chi connectivity index (χ2n) is 4.69. The topological polar surface area (TPSA) is 58.1 Å². The fourth-order valence-corrected chi connectivity index (χ4v) is 1.95. The lowest BCUT2D eigenvalue weighted by atomic mass is 10.3. The number of halogens is 1. The molecular formula is C13H29IN4O2. The summed E-state index contributed by atoms with van der Waals surface area (Å²) in [4.78, 5) is 6.48. The Morgan fingerprint density at radius 2 is 2.25 bits per heavy atom. The molecular weight excluding hydrogens is 371 g/mol. The summed E-state index contributed by atoms with van der Waals surface area (Å²) in [5.41, 5.74) is 0. The number of hydrogen-bond donors (Lipinski definition) is 2. The molecule has 1 aliphatic rings. The van der Waals surface area contributed by atoms with E-state index in [0.717, 1.165) is 58.4 Å². The predicted molar refractivity (Wildman–Crippen MR) is 93.1 cm³/mol. The maximum atomic E-state index is 5.69. The lowest BCUT2D eigenvalue weighted by Gasteiger charge is -2.30. The molecule has 0 radical (unpaired) electrons. The van der Waals surface area contributed by atoms with Crippen LogP contribution in [0.25, 0.3) is 0 Å². The number of ether oxygens (including phenoxy) is 2. The third-order valence-corrected chi connectivity index (χ3v) is 3.02. The van der Waals surface area contributed by atoms with Crippen molar-refractivity contribution in [3.63, 3.8) is 0 Å². The highest BCUT2D eigenvalue weighted by Gasteiger charge is 2.17. The monoisotopic (exact) mass is 400 g/mol. The molecule has 1 rings (SSSR count). The van der Waals surface area contributed by atoms with E-state index in [-0.39, 0.29) is 30.1 Å². The first-order valence-corrected chi connectivity index (χ1v) is 7.08. The van der Waals surface area contributed by atoms with Gasteiger partial charge < -0.3 is 25.0 Å². The summed E-state index contributed by atoms with van der Waals surface area (Å²) in [7, 11) is 3.90. The van der Waals surface area contributed by atoms with Crippen LogP contribution in [0.4, 0.5) is 0 Å². The van der Waals surface area contributed by atoms with Gasteiger partial charge >= 0.3 is 0 Å². The van der Waals surface area contributed by atoms with Gasteiger partial charge in [-0.15, -0.1) is 24.0 Å². The van der Waals surface area contributed by atoms with E-state index >= 15 is 0 Å². The van der Waals surface area contributed by atoms with E-state index in [1.54, 1.807) is 7.05 Å². The van der Waals surface area contributed by atoms with E-state index in [9.17, 15) is 0 Å². The minimum atomic E-state index is 0. The Balaban J connectivity index is 0.00000361. The van der Waals surface area contributed by atoms with Gasteiger partial charge in [0.25, 0.3) is 0 Å². The molecule has 1 unspecified atom stereocenters. The summed E-state index contributed by atoms with van der Waals surface area (Å²) < 4.78 is 11.0. The van der Waals surface area contributed by atoms with Gasteiger partial charge in [0.05, 0.1) is 12.7 Å². The SMILES string of the molecule is CCOCCCNC(=NC)NCC1CN(C)CCO1.I. The first kappa shape index (κ1) is 19.9. The number of likely N-dealkylation sites (N-methyl/N-ethyl adjacent to an activating group) is 1. The number of nitrogens with one attached hydrogen (secondary N) is 2. The van der Waals surface area contributed by atoms with Crippen LogP contribution in [-0.4, -0.2) is 77.1 Å². The molecule has 0 amide bonds. The Morgan fingerprint density at radius 3 is 2.90 bits per heavy atom. The number of aliphatic imine (C=N–C) groups is 1. The molecule has 7 heteroatoms. The van der Waals surface area contributed by atoms with Crippen LogP contribution in [0.1, 0.15) is 13.3 Å². The lowest BCUT2D eigenvalue weighted by Crippen LogP contribution is -2.48. The summed E-state index contributed by atoms with van der Waals surface area (Å²) in [5.74, 6) is 0.827. The molecule has 0 saturated carbocycles. The first-order chi connectivity index (χ1) is 9.26. The highest BCUT2D eigenvalue weighted by molar-refractivity contribution is 14.0. The van der Waals surface area contributed by atoms with Gasteiger partial charge in [0.15, 0.2) is 5.96 Å². The van der Waals surface area contributed by atoms with Gasteiger partial charge in [-0.2, -0.15) is 0 Å². The summed E-state index contributed by atoms with van der Waals surface area (Å²) in [6.07, 6.45) is 1.22. The van der Waals surface area contributed by atoms with Gasteiger partial charge in [0, 0.05) is 46.4 Å². The molecule has 1 atom stereocenters. The molecule has 0 aromatic rings. The van der Waals surface area contributed by atoms with Gasteiger partial charge in [0.2, 0.25) is 0 Å². The van der Waals surface area contributed by atoms with Crippen molar-refractivity contribution in [3.8, 4) is 0 Å². The zero-order chi connectivity index (χ0) is 13.9. The molecule has 0 spiro atoms. The standard InChI is InChI=1S/C13H28N4O2.HI/c1-4-18-8-5-6-15-13(14-2)16-10-12-11-17(3)7-9-19-12;/h12H,4-11H2,1-3H3,(H2,14,15,16);1H. The Bertz CT molecular complexity index is 267. The van der Waals surface area contributed by atoms with Crippen LogP contribution in [0, 0.1) is 0 Å². The Morgan fingerprint density at radius 1 is 1.45 bits per heavy atom. The van der Waals surface area contributed by atoms with E-state index in [1.807, 2.05) is 6.92 Å². The number of nitrogens with zero attached hydrogens (tertiary/aromatic N) is 2. The zero-order valence-corrected chi connectivity index (χ0v) is 15.2. The van der Waals surface area contributed by atoms with Crippen molar-refractivity contribution in [2.45, 2.75) is 19.4 Å².